The smallest absolute Gasteiger partial charge is 0.251 e. The van der Waals surface area contributed by atoms with Crippen molar-refractivity contribution in [2.24, 2.45) is 10.7 Å². The van der Waals surface area contributed by atoms with Crippen LogP contribution in [0.5, 0.6) is 11.6 Å². The highest BCUT2D eigenvalue weighted by atomic mass is 16.5. The van der Waals surface area contributed by atoms with Crippen molar-refractivity contribution in [2.45, 2.75) is 97.4 Å². The van der Waals surface area contributed by atoms with Gasteiger partial charge in [0, 0.05) is 35.7 Å². The van der Waals surface area contributed by atoms with E-state index in [-0.39, 0.29) is 36.4 Å². The number of hydrogen-bond donors (Lipinski definition) is 2. The van der Waals surface area contributed by atoms with E-state index < -0.39 is 5.60 Å². The number of hydrogen-bond acceptors (Lipinski definition) is 7. The summed E-state index contributed by atoms with van der Waals surface area (Å²) >= 11 is 0. The molecule has 6 bridgehead atoms. The molecule has 4 aliphatic rings. The number of fused-ring (bicyclic) bond motifs is 5. The Morgan fingerprint density at radius 3 is 2.74 bits per heavy atom. The van der Waals surface area contributed by atoms with Crippen LogP contribution in [0.25, 0.3) is 0 Å². The SMILES string of the molecule is CC.CCOc1ccc2cc1CN1C(=O)CC(CCCCc3cnc4c(c3)C(CC(C)(C)O4)NC2=O)N=C1N. The van der Waals surface area contributed by atoms with Gasteiger partial charge in [-0.2, -0.15) is 0 Å². The van der Waals surface area contributed by atoms with E-state index in [0.29, 0.717) is 42.2 Å². The van der Waals surface area contributed by atoms with Gasteiger partial charge in [-0.05, 0) is 69.9 Å². The van der Waals surface area contributed by atoms with Gasteiger partial charge in [0.25, 0.3) is 5.91 Å². The summed E-state index contributed by atoms with van der Waals surface area (Å²) in [5, 5.41) is 3.21. The van der Waals surface area contributed by atoms with Gasteiger partial charge in [-0.15, -0.1) is 0 Å². The topological polar surface area (TPSA) is 119 Å². The van der Waals surface area contributed by atoms with E-state index in [2.05, 4.69) is 21.4 Å². The summed E-state index contributed by atoms with van der Waals surface area (Å²) in [6.45, 7) is 10.6. The number of nitrogens with zero attached hydrogens (tertiary/aromatic N) is 3. The van der Waals surface area contributed by atoms with E-state index in [0.717, 1.165) is 36.8 Å². The minimum absolute atomic E-state index is 0.0650. The minimum atomic E-state index is -0.468. The molecular formula is C30H41N5O4. The Balaban J connectivity index is 0.00000172. The molecule has 1 aromatic carbocycles. The van der Waals surface area contributed by atoms with Gasteiger partial charge in [0.2, 0.25) is 11.8 Å². The highest BCUT2D eigenvalue weighted by molar-refractivity contribution is 5.99. The van der Waals surface area contributed by atoms with Crippen LogP contribution >= 0.6 is 0 Å². The number of guanidine groups is 1. The number of benzene rings is 1. The lowest BCUT2D eigenvalue weighted by atomic mass is 9.89. The predicted octanol–water partition coefficient (Wildman–Crippen LogP) is 4.68. The third-order valence-electron chi connectivity index (χ3n) is 7.19. The van der Waals surface area contributed by atoms with Gasteiger partial charge < -0.3 is 20.5 Å². The maximum absolute atomic E-state index is 13.5. The molecule has 0 saturated heterocycles. The van der Waals surface area contributed by atoms with Crippen LogP contribution in [0.2, 0.25) is 0 Å². The van der Waals surface area contributed by atoms with Gasteiger partial charge >= 0.3 is 0 Å². The molecule has 0 saturated carbocycles. The Labute approximate surface area is 231 Å². The number of aliphatic imine (C=N–C) groups is 1. The highest BCUT2D eigenvalue weighted by Gasteiger charge is 2.36. The molecule has 2 amide bonds. The second kappa shape index (κ2) is 12.1. The maximum Gasteiger partial charge on any atom is 0.251 e. The number of carbonyl (C=O) groups is 2. The number of nitrogens with two attached hydrogens (primary N) is 1. The van der Waals surface area contributed by atoms with E-state index >= 15 is 0 Å². The number of ether oxygens (including phenoxy) is 2. The molecule has 2 atom stereocenters. The van der Waals surface area contributed by atoms with Gasteiger partial charge in [0.1, 0.15) is 11.4 Å². The van der Waals surface area contributed by atoms with Crippen molar-refractivity contribution >= 4 is 17.8 Å². The first kappa shape index (κ1) is 28.4. The van der Waals surface area contributed by atoms with Crippen LogP contribution < -0.4 is 20.5 Å². The van der Waals surface area contributed by atoms with E-state index in [1.165, 1.54) is 4.90 Å². The summed E-state index contributed by atoms with van der Waals surface area (Å²) in [6.07, 6.45) is 6.31. The van der Waals surface area contributed by atoms with Crippen molar-refractivity contribution in [1.82, 2.24) is 15.2 Å². The zero-order valence-corrected chi connectivity index (χ0v) is 23.8. The molecule has 210 valence electrons. The van der Waals surface area contributed by atoms with Crippen molar-refractivity contribution in [3.05, 3.63) is 52.7 Å². The first-order chi connectivity index (χ1) is 18.7. The Morgan fingerprint density at radius 2 is 2.00 bits per heavy atom. The van der Waals surface area contributed by atoms with Gasteiger partial charge in [-0.3, -0.25) is 14.5 Å². The standard InChI is InChI=1S/C28H35N5O4.C2H6/c1-4-36-23-10-9-18-12-19(23)16-33-24(34)13-20(31-27(33)29)8-6-5-7-17-11-21-22(32-25(18)35)14-28(2,3)37-26(21)30-15-17;1-2/h9-12,15,20,22H,4-8,13-14,16H2,1-3H3,(H2,29,31)(H,32,35);1-2H3. The largest absolute Gasteiger partial charge is 0.494 e. The first-order valence-corrected chi connectivity index (χ1v) is 14.1. The van der Waals surface area contributed by atoms with E-state index in [4.69, 9.17) is 15.2 Å². The van der Waals surface area contributed by atoms with Crippen molar-refractivity contribution < 1.29 is 19.1 Å². The maximum atomic E-state index is 13.5. The Morgan fingerprint density at radius 1 is 1.21 bits per heavy atom. The van der Waals surface area contributed by atoms with Gasteiger partial charge in [0.15, 0.2) is 5.96 Å². The molecule has 2 unspecified atom stereocenters. The van der Waals surface area contributed by atoms with E-state index in [1.54, 1.807) is 18.2 Å². The average molecular weight is 536 g/mol. The average Bonchev–Trinajstić information content (AvgIpc) is 2.90. The third kappa shape index (κ3) is 6.52. The third-order valence-corrected chi connectivity index (χ3v) is 7.19. The molecule has 6 rings (SSSR count). The van der Waals surface area contributed by atoms with Crippen LogP contribution in [0, 0.1) is 0 Å². The lowest BCUT2D eigenvalue weighted by Gasteiger charge is -2.37. The van der Waals surface area contributed by atoms with Crippen molar-refractivity contribution in [3.63, 3.8) is 0 Å². The second-order valence-corrected chi connectivity index (χ2v) is 10.7. The Bertz CT molecular complexity index is 1240. The van der Waals surface area contributed by atoms with E-state index in [9.17, 15) is 9.59 Å². The van der Waals surface area contributed by atoms with Crippen LogP contribution in [0.15, 0.2) is 35.5 Å². The summed E-state index contributed by atoms with van der Waals surface area (Å²) in [4.78, 5) is 37.2. The molecular weight excluding hydrogens is 494 g/mol. The predicted molar refractivity (Wildman–Crippen MR) is 151 cm³/mol. The van der Waals surface area contributed by atoms with Gasteiger partial charge in [0.05, 0.1) is 25.2 Å². The molecule has 0 aliphatic carbocycles. The fraction of sp³-hybridized carbons (Fsp3) is 0.533. The number of aryl methyl sites for hydroxylation is 1. The fourth-order valence-corrected chi connectivity index (χ4v) is 5.36. The Hall–Kier alpha value is -3.62. The van der Waals surface area contributed by atoms with Crippen LogP contribution in [0.4, 0.5) is 0 Å². The lowest BCUT2D eigenvalue weighted by Crippen LogP contribution is -2.46. The van der Waals surface area contributed by atoms with Crippen molar-refractivity contribution in [1.29, 1.82) is 0 Å². The number of carbonyl (C=O) groups excluding carboxylic acids is 2. The van der Waals surface area contributed by atoms with Crippen LogP contribution in [-0.4, -0.2) is 45.9 Å². The number of aromatic nitrogens is 1. The highest BCUT2D eigenvalue weighted by Crippen LogP contribution is 2.39. The van der Waals surface area contributed by atoms with Crippen LogP contribution in [0.3, 0.4) is 0 Å². The van der Waals surface area contributed by atoms with Crippen molar-refractivity contribution in [2.75, 3.05) is 6.61 Å². The fourth-order valence-electron chi connectivity index (χ4n) is 5.36. The summed E-state index contributed by atoms with van der Waals surface area (Å²) in [7, 11) is 0. The normalized spacial score (nSPS) is 22.3. The molecule has 5 heterocycles. The molecule has 1 aromatic heterocycles. The molecule has 0 fully saturated rings. The monoisotopic (exact) mass is 535 g/mol. The molecule has 9 heteroatoms. The van der Waals surface area contributed by atoms with Gasteiger partial charge in [-0.1, -0.05) is 20.3 Å². The minimum Gasteiger partial charge on any atom is -0.494 e. The number of nitrogens with one attached hydrogen (secondary N) is 1. The summed E-state index contributed by atoms with van der Waals surface area (Å²) in [5.41, 5.74) is 8.98. The Kier molecular flexibility index (Phi) is 8.77. The second-order valence-electron chi connectivity index (χ2n) is 10.7. The molecule has 2 aromatic rings. The number of amides is 2. The van der Waals surface area contributed by atoms with Crippen LogP contribution in [0.1, 0.15) is 99.8 Å². The molecule has 39 heavy (non-hydrogen) atoms. The molecule has 0 radical (unpaired) electrons. The summed E-state index contributed by atoms with van der Waals surface area (Å²) < 4.78 is 12.0. The van der Waals surface area contributed by atoms with Gasteiger partial charge in [-0.25, -0.2) is 9.98 Å². The van der Waals surface area contributed by atoms with Crippen LogP contribution in [-0.2, 0) is 17.8 Å². The first-order valence-electron chi connectivity index (χ1n) is 14.1. The lowest BCUT2D eigenvalue weighted by molar-refractivity contribution is -0.128. The number of rotatable bonds is 2. The van der Waals surface area contributed by atoms with E-state index in [1.807, 2.05) is 40.8 Å². The van der Waals surface area contributed by atoms with Crippen molar-refractivity contribution in [3.8, 4) is 11.6 Å². The summed E-state index contributed by atoms with van der Waals surface area (Å²) in [6, 6.07) is 7.04. The summed E-state index contributed by atoms with van der Waals surface area (Å²) in [5.74, 6) is 1.12. The zero-order valence-electron chi connectivity index (χ0n) is 23.8. The number of pyridine rings is 1. The quantitative estimate of drug-likeness (QED) is 0.576. The molecule has 9 nitrogen and oxygen atoms in total. The molecule has 4 aliphatic heterocycles. The molecule has 0 spiro atoms. The zero-order chi connectivity index (χ0) is 28.2. The molecule has 3 N–H and O–H groups in total.